The van der Waals surface area contributed by atoms with Gasteiger partial charge in [-0.2, -0.15) is 0 Å². The maximum absolute atomic E-state index is 13.5. The zero-order valence-corrected chi connectivity index (χ0v) is 38.0. The van der Waals surface area contributed by atoms with Crippen molar-refractivity contribution in [2.45, 2.75) is 108 Å². The lowest BCUT2D eigenvalue weighted by atomic mass is 9.85. The average Bonchev–Trinajstić information content (AvgIpc) is 4.12. The number of nitrogens with zero attached hydrogens (tertiary/aromatic N) is 4. The molecule has 2 saturated carbocycles. The molecule has 1 aromatic carbocycles. The maximum atomic E-state index is 13.5. The molecular formula is C49H58N10O9. The van der Waals surface area contributed by atoms with Crippen LogP contribution in [0.15, 0.2) is 61.1 Å². The Morgan fingerprint density at radius 2 is 1.54 bits per heavy atom. The number of anilines is 3. The Hall–Kier alpha value is -7.02. The van der Waals surface area contributed by atoms with Gasteiger partial charge in [0, 0.05) is 80.8 Å². The second-order valence-electron chi connectivity index (χ2n) is 17.7. The normalized spacial score (nSPS) is 19.0. The number of ether oxygens (including phenoxy) is 2. The number of imide groups is 2. The molecule has 4 aliphatic rings. The number of nitrogens with one attached hydrogen (secondary N) is 6. The van der Waals surface area contributed by atoms with Crippen LogP contribution < -0.4 is 36.6 Å². The summed E-state index contributed by atoms with van der Waals surface area (Å²) >= 11 is 0. The number of pyridine rings is 3. The van der Waals surface area contributed by atoms with Gasteiger partial charge in [-0.3, -0.25) is 48.8 Å². The first-order valence-corrected chi connectivity index (χ1v) is 23.8. The van der Waals surface area contributed by atoms with Crippen molar-refractivity contribution in [3.63, 3.8) is 0 Å². The topological polar surface area (TPSA) is 252 Å². The summed E-state index contributed by atoms with van der Waals surface area (Å²) in [5.74, 6) is -1.74. The van der Waals surface area contributed by atoms with Crippen LogP contribution in [0.2, 0.25) is 0 Å². The van der Waals surface area contributed by atoms with E-state index in [1.165, 1.54) is 12.1 Å². The lowest BCUT2D eigenvalue weighted by Crippen LogP contribution is -2.54. The second-order valence-corrected chi connectivity index (χ2v) is 17.7. The SMILES string of the molecule is O=C(COc1cccc2c1C(=O)N(C1CCC(=O)NC1=O)C2=O)NCCCCCOCCCCCNC(=O)C1CCC(NC(=O)c2cnc(Nc3ccc4cnccc4n3)cc2NC2CC2)CC1. The van der Waals surface area contributed by atoms with Gasteiger partial charge in [-0.25, -0.2) is 9.97 Å². The van der Waals surface area contributed by atoms with Crippen LogP contribution >= 0.6 is 0 Å². The van der Waals surface area contributed by atoms with E-state index >= 15 is 0 Å². The van der Waals surface area contributed by atoms with E-state index in [1.54, 1.807) is 24.7 Å². The van der Waals surface area contributed by atoms with Gasteiger partial charge >= 0.3 is 0 Å². The van der Waals surface area contributed by atoms with Crippen molar-refractivity contribution in [1.82, 2.24) is 41.1 Å². The highest BCUT2D eigenvalue weighted by atomic mass is 16.5. The number of carbonyl (C=O) groups is 7. The largest absolute Gasteiger partial charge is 0.483 e. The van der Waals surface area contributed by atoms with Crippen LogP contribution in [0.1, 0.15) is 121 Å². The van der Waals surface area contributed by atoms with Gasteiger partial charge in [-0.05, 0) is 114 Å². The van der Waals surface area contributed by atoms with Crippen molar-refractivity contribution < 1.29 is 43.0 Å². The number of amides is 7. The van der Waals surface area contributed by atoms with E-state index in [9.17, 15) is 33.6 Å². The van der Waals surface area contributed by atoms with Crippen molar-refractivity contribution in [3.8, 4) is 5.75 Å². The maximum Gasteiger partial charge on any atom is 0.266 e. The molecule has 19 nitrogen and oxygen atoms in total. The fraction of sp³-hybridized carbons (Fsp3) is 0.469. The molecule has 2 aliphatic heterocycles. The highest BCUT2D eigenvalue weighted by Gasteiger charge is 2.46. The quantitative estimate of drug-likeness (QED) is 0.0436. The van der Waals surface area contributed by atoms with E-state index in [0.29, 0.717) is 62.4 Å². The van der Waals surface area contributed by atoms with E-state index in [2.05, 4.69) is 46.9 Å². The van der Waals surface area contributed by atoms with Gasteiger partial charge in [0.1, 0.15) is 23.4 Å². The molecule has 358 valence electrons. The number of fused-ring (bicyclic) bond motifs is 2. The third-order valence-electron chi connectivity index (χ3n) is 12.6. The summed E-state index contributed by atoms with van der Waals surface area (Å²) in [5, 5.41) is 18.9. The van der Waals surface area contributed by atoms with Gasteiger partial charge in [-0.1, -0.05) is 6.07 Å². The minimum atomic E-state index is -1.09. The summed E-state index contributed by atoms with van der Waals surface area (Å²) in [7, 11) is 0. The lowest BCUT2D eigenvalue weighted by Gasteiger charge is -2.28. The molecule has 19 heteroatoms. The van der Waals surface area contributed by atoms with Crippen molar-refractivity contribution >= 4 is 69.6 Å². The molecule has 8 rings (SSSR count). The smallest absolute Gasteiger partial charge is 0.266 e. The number of aromatic nitrogens is 3. The van der Waals surface area contributed by atoms with Crippen molar-refractivity contribution in [3.05, 3.63) is 77.7 Å². The minimum Gasteiger partial charge on any atom is -0.483 e. The van der Waals surface area contributed by atoms with Crippen LogP contribution in [-0.2, 0) is 23.9 Å². The van der Waals surface area contributed by atoms with Gasteiger partial charge < -0.3 is 36.1 Å². The molecule has 0 radical (unpaired) electrons. The highest BCUT2D eigenvalue weighted by molar-refractivity contribution is 6.24. The number of unbranched alkanes of at least 4 members (excludes halogenated alkanes) is 4. The Morgan fingerprint density at radius 1 is 0.779 bits per heavy atom. The summed E-state index contributed by atoms with van der Waals surface area (Å²) in [6, 6.07) is 11.3. The number of rotatable bonds is 23. The lowest BCUT2D eigenvalue weighted by molar-refractivity contribution is -0.136. The summed E-state index contributed by atoms with van der Waals surface area (Å²) in [4.78, 5) is 103. The number of benzene rings is 1. The van der Waals surface area contributed by atoms with Gasteiger partial charge in [0.2, 0.25) is 17.7 Å². The molecule has 0 bridgehead atoms. The van der Waals surface area contributed by atoms with E-state index in [4.69, 9.17) is 9.47 Å². The van der Waals surface area contributed by atoms with Gasteiger partial charge in [0.15, 0.2) is 6.61 Å². The molecule has 0 spiro atoms. The Kier molecular flexibility index (Phi) is 15.8. The molecule has 1 atom stereocenters. The van der Waals surface area contributed by atoms with E-state index < -0.39 is 29.7 Å². The summed E-state index contributed by atoms with van der Waals surface area (Å²) in [6.07, 6.45) is 15.3. The van der Waals surface area contributed by atoms with Gasteiger partial charge in [0.05, 0.1) is 27.9 Å². The average molecular weight is 931 g/mol. The predicted molar refractivity (Wildman–Crippen MR) is 250 cm³/mol. The zero-order chi connectivity index (χ0) is 47.4. The van der Waals surface area contributed by atoms with Crippen LogP contribution in [0.4, 0.5) is 17.3 Å². The first-order valence-electron chi connectivity index (χ1n) is 23.8. The van der Waals surface area contributed by atoms with Gasteiger partial charge in [0.25, 0.3) is 23.6 Å². The van der Waals surface area contributed by atoms with E-state index in [-0.39, 0.29) is 66.0 Å². The van der Waals surface area contributed by atoms with E-state index in [0.717, 1.165) is 85.7 Å². The van der Waals surface area contributed by atoms with Crippen LogP contribution in [0, 0.1) is 5.92 Å². The number of hydrogen-bond acceptors (Lipinski definition) is 14. The molecule has 1 unspecified atom stereocenters. The zero-order valence-electron chi connectivity index (χ0n) is 38.0. The molecule has 7 amide bonds. The molecule has 2 aliphatic carbocycles. The molecule has 3 fully saturated rings. The number of hydrogen-bond donors (Lipinski definition) is 6. The van der Waals surface area contributed by atoms with Gasteiger partial charge in [-0.15, -0.1) is 0 Å². The molecule has 3 aromatic heterocycles. The van der Waals surface area contributed by atoms with Crippen molar-refractivity contribution in [1.29, 1.82) is 0 Å². The fourth-order valence-electron chi connectivity index (χ4n) is 8.70. The second kappa shape index (κ2) is 22.6. The van der Waals surface area contributed by atoms with Crippen molar-refractivity contribution in [2.75, 3.05) is 43.5 Å². The molecular weight excluding hydrogens is 873 g/mol. The van der Waals surface area contributed by atoms with Crippen LogP contribution in [-0.4, -0.2) is 112 Å². The standard InChI is InChI=1S/C49H58N10O9/c60-42-19-17-38(47(64)58-42)59-48(65)34-8-7-9-39(44(34)49(59)66)68-29-43(61)51-21-3-1-5-24-67-25-6-2-4-22-52-45(62)30-10-13-33(14-11-30)55-46(63)35-28-53-41(26-37(35)54-32-15-16-32)57-40-18-12-31-27-50-23-20-36(31)56-40/h7-9,12,18,20,23,26-28,30,32-33,38H,1-6,10-11,13-17,19,21-22,24-25,29H2,(H,51,61)(H,52,62)(H,55,63)(H,58,60,64)(H2,53,54,56,57). The molecule has 1 saturated heterocycles. The third-order valence-corrected chi connectivity index (χ3v) is 12.6. The molecule has 5 heterocycles. The fourth-order valence-corrected chi connectivity index (χ4v) is 8.70. The number of piperidine rings is 1. The number of carbonyl (C=O) groups excluding carboxylic acids is 7. The van der Waals surface area contributed by atoms with E-state index in [1.807, 2.05) is 24.3 Å². The van der Waals surface area contributed by atoms with Crippen LogP contribution in [0.5, 0.6) is 5.75 Å². The third kappa shape index (κ3) is 12.3. The monoisotopic (exact) mass is 930 g/mol. The Bertz CT molecular complexity index is 2530. The predicted octanol–water partition coefficient (Wildman–Crippen LogP) is 4.70. The summed E-state index contributed by atoms with van der Waals surface area (Å²) in [5.41, 5.74) is 2.12. The minimum absolute atomic E-state index is 0.00604. The molecule has 6 N–H and O–H groups in total. The highest BCUT2D eigenvalue weighted by Crippen LogP contribution is 2.34. The molecule has 4 aromatic rings. The Morgan fingerprint density at radius 3 is 2.31 bits per heavy atom. The Balaban J connectivity index is 0.637. The first kappa shape index (κ1) is 47.5. The van der Waals surface area contributed by atoms with Crippen molar-refractivity contribution in [2.24, 2.45) is 5.92 Å². The molecule has 68 heavy (non-hydrogen) atoms. The van der Waals surface area contributed by atoms with Crippen LogP contribution in [0.3, 0.4) is 0 Å². The summed E-state index contributed by atoms with van der Waals surface area (Å²) in [6.45, 7) is 1.95. The first-order chi connectivity index (χ1) is 33.1. The Labute approximate surface area is 393 Å². The van der Waals surface area contributed by atoms with Crippen LogP contribution in [0.25, 0.3) is 10.9 Å². The summed E-state index contributed by atoms with van der Waals surface area (Å²) < 4.78 is 11.4.